The lowest BCUT2D eigenvalue weighted by atomic mass is 9.91. The van der Waals surface area contributed by atoms with E-state index in [1.54, 1.807) is 14.0 Å². The Morgan fingerprint density at radius 3 is 2.39 bits per heavy atom. The third kappa shape index (κ3) is 5.12. The fourth-order valence-corrected chi connectivity index (χ4v) is 3.67. The molecule has 1 aliphatic rings. The van der Waals surface area contributed by atoms with Gasteiger partial charge in [0.05, 0.1) is 7.11 Å². The quantitative estimate of drug-likeness (QED) is 0.774. The number of likely N-dealkylation sites (tertiary alicyclic amines) is 1. The van der Waals surface area contributed by atoms with E-state index >= 15 is 0 Å². The minimum absolute atomic E-state index is 0.112. The highest BCUT2D eigenvalue weighted by Gasteiger charge is 2.31. The lowest BCUT2D eigenvalue weighted by Crippen LogP contribution is -2.50. The highest BCUT2D eigenvalue weighted by atomic mass is 16.5. The highest BCUT2D eigenvalue weighted by molar-refractivity contribution is 5.86. The van der Waals surface area contributed by atoms with Crippen molar-refractivity contribution in [2.75, 3.05) is 26.7 Å². The number of hydrogen-bond acceptors (Lipinski definition) is 4. The number of carbonyl (C=O) groups is 1. The summed E-state index contributed by atoms with van der Waals surface area (Å²) in [5.41, 5.74) is 7.43. The molecule has 0 aromatic heterocycles. The van der Waals surface area contributed by atoms with Crippen LogP contribution in [0.3, 0.4) is 0 Å². The third-order valence-electron chi connectivity index (χ3n) is 5.67. The Morgan fingerprint density at radius 1 is 1.14 bits per heavy atom. The van der Waals surface area contributed by atoms with Crippen molar-refractivity contribution >= 4 is 5.91 Å². The van der Waals surface area contributed by atoms with Crippen LogP contribution in [0, 0.1) is 5.92 Å². The third-order valence-corrected chi connectivity index (χ3v) is 5.67. The zero-order valence-electron chi connectivity index (χ0n) is 16.9. The van der Waals surface area contributed by atoms with Crippen LogP contribution < -0.4 is 15.8 Å². The molecule has 5 nitrogen and oxygen atoms in total. The van der Waals surface area contributed by atoms with Crippen molar-refractivity contribution in [2.45, 2.75) is 31.8 Å². The normalized spacial score (nSPS) is 17.7. The van der Waals surface area contributed by atoms with Crippen molar-refractivity contribution < 1.29 is 9.53 Å². The van der Waals surface area contributed by atoms with E-state index in [1.165, 1.54) is 5.56 Å². The Balaban J connectivity index is 1.43. The summed E-state index contributed by atoms with van der Waals surface area (Å²) in [4.78, 5) is 15.1. The van der Waals surface area contributed by atoms with Gasteiger partial charge in [0.15, 0.2) is 0 Å². The summed E-state index contributed by atoms with van der Waals surface area (Å²) < 4.78 is 5.21. The van der Waals surface area contributed by atoms with Gasteiger partial charge in [0.2, 0.25) is 5.91 Å². The average Bonchev–Trinajstić information content (AvgIpc) is 2.74. The van der Waals surface area contributed by atoms with Gasteiger partial charge in [-0.05, 0) is 62.0 Å². The maximum atomic E-state index is 12.6. The van der Waals surface area contributed by atoms with Crippen LogP contribution in [-0.2, 0) is 16.9 Å². The summed E-state index contributed by atoms with van der Waals surface area (Å²) in [6, 6.07) is 17.8. The molecule has 2 aromatic carbocycles. The first-order valence-corrected chi connectivity index (χ1v) is 9.97. The lowest BCUT2D eigenvalue weighted by molar-refractivity contribution is -0.126. The van der Waals surface area contributed by atoms with Crippen LogP contribution in [0.1, 0.15) is 30.9 Å². The van der Waals surface area contributed by atoms with Gasteiger partial charge < -0.3 is 15.8 Å². The Bertz CT molecular complexity index is 751. The van der Waals surface area contributed by atoms with E-state index in [2.05, 4.69) is 22.3 Å². The van der Waals surface area contributed by atoms with E-state index in [0.717, 1.165) is 43.8 Å². The fourth-order valence-electron chi connectivity index (χ4n) is 3.67. The van der Waals surface area contributed by atoms with Gasteiger partial charge in [-0.3, -0.25) is 9.69 Å². The molecule has 1 atom stereocenters. The Hall–Kier alpha value is -2.37. The summed E-state index contributed by atoms with van der Waals surface area (Å²) in [5, 5.41) is 3.07. The first-order chi connectivity index (χ1) is 13.5. The molecule has 5 heteroatoms. The van der Waals surface area contributed by atoms with Crippen molar-refractivity contribution in [3.05, 3.63) is 65.7 Å². The second-order valence-corrected chi connectivity index (χ2v) is 7.85. The molecule has 1 unspecified atom stereocenters. The first kappa shape index (κ1) is 20.4. The van der Waals surface area contributed by atoms with E-state index in [1.807, 2.05) is 42.5 Å². The number of nitrogens with two attached hydrogens (primary N) is 1. The molecule has 150 valence electrons. The Labute approximate surface area is 167 Å². The molecular weight excluding hydrogens is 350 g/mol. The number of piperidine rings is 1. The van der Waals surface area contributed by atoms with Crippen LogP contribution in [0.25, 0.3) is 0 Å². The van der Waals surface area contributed by atoms with Crippen LogP contribution in [0.5, 0.6) is 5.75 Å². The van der Waals surface area contributed by atoms with Gasteiger partial charge >= 0.3 is 0 Å². The second-order valence-electron chi connectivity index (χ2n) is 7.85. The highest BCUT2D eigenvalue weighted by Crippen LogP contribution is 2.21. The SMILES string of the molecule is COc1ccc(CN2CCC(CNC(=O)C(C)(N)c3ccccc3)CC2)cc1. The number of rotatable bonds is 7. The van der Waals surface area contributed by atoms with Crippen LogP contribution in [0.2, 0.25) is 0 Å². The summed E-state index contributed by atoms with van der Waals surface area (Å²) >= 11 is 0. The molecule has 1 fully saturated rings. The number of methoxy groups -OCH3 is 1. The zero-order chi connectivity index (χ0) is 20.0. The zero-order valence-corrected chi connectivity index (χ0v) is 16.9. The van der Waals surface area contributed by atoms with E-state index in [-0.39, 0.29) is 5.91 Å². The molecule has 0 radical (unpaired) electrons. The largest absolute Gasteiger partial charge is 0.497 e. The molecule has 0 bridgehead atoms. The number of benzene rings is 2. The van der Waals surface area contributed by atoms with Gasteiger partial charge in [0.25, 0.3) is 0 Å². The van der Waals surface area contributed by atoms with Crippen molar-refractivity contribution in [1.29, 1.82) is 0 Å². The van der Waals surface area contributed by atoms with Gasteiger partial charge in [0, 0.05) is 13.1 Å². The Kier molecular flexibility index (Phi) is 6.70. The lowest BCUT2D eigenvalue weighted by Gasteiger charge is -2.33. The number of nitrogens with zero attached hydrogens (tertiary/aromatic N) is 1. The summed E-state index contributed by atoms with van der Waals surface area (Å²) in [6.07, 6.45) is 2.17. The number of nitrogens with one attached hydrogen (secondary N) is 1. The van der Waals surface area contributed by atoms with Crippen LogP contribution in [-0.4, -0.2) is 37.6 Å². The molecule has 2 aromatic rings. The number of amides is 1. The second kappa shape index (κ2) is 9.22. The van der Waals surface area contributed by atoms with Crippen molar-refractivity contribution in [3.8, 4) is 5.75 Å². The first-order valence-electron chi connectivity index (χ1n) is 9.97. The smallest absolute Gasteiger partial charge is 0.244 e. The molecule has 28 heavy (non-hydrogen) atoms. The van der Waals surface area contributed by atoms with E-state index < -0.39 is 5.54 Å². The van der Waals surface area contributed by atoms with Gasteiger partial charge in [-0.15, -0.1) is 0 Å². The fraction of sp³-hybridized carbons (Fsp3) is 0.435. The monoisotopic (exact) mass is 381 g/mol. The number of hydrogen-bond donors (Lipinski definition) is 2. The van der Waals surface area contributed by atoms with Crippen LogP contribution in [0.4, 0.5) is 0 Å². The summed E-state index contributed by atoms with van der Waals surface area (Å²) in [5.74, 6) is 1.28. The minimum Gasteiger partial charge on any atom is -0.497 e. The van der Waals surface area contributed by atoms with Crippen molar-refractivity contribution in [2.24, 2.45) is 11.7 Å². The maximum absolute atomic E-state index is 12.6. The van der Waals surface area contributed by atoms with Gasteiger partial charge in [-0.25, -0.2) is 0 Å². The molecule has 3 N–H and O–H groups in total. The summed E-state index contributed by atoms with van der Waals surface area (Å²) in [7, 11) is 1.69. The predicted molar refractivity (Wildman–Crippen MR) is 112 cm³/mol. The van der Waals surface area contributed by atoms with Gasteiger partial charge in [-0.2, -0.15) is 0 Å². The standard InChI is InChI=1S/C23H31N3O2/c1-23(24,20-6-4-3-5-7-20)22(27)25-16-18-12-14-26(15-13-18)17-19-8-10-21(28-2)11-9-19/h3-11,18H,12-17,24H2,1-2H3,(H,25,27). The number of carbonyl (C=O) groups excluding carboxylic acids is 1. The van der Waals surface area contributed by atoms with Crippen LogP contribution >= 0.6 is 0 Å². The summed E-state index contributed by atoms with van der Waals surface area (Å²) in [6.45, 7) is 5.51. The van der Waals surface area contributed by atoms with Crippen molar-refractivity contribution in [1.82, 2.24) is 10.2 Å². The molecular formula is C23H31N3O2. The van der Waals surface area contributed by atoms with Crippen molar-refractivity contribution in [3.63, 3.8) is 0 Å². The molecule has 0 aliphatic carbocycles. The molecule has 1 saturated heterocycles. The Morgan fingerprint density at radius 2 is 1.79 bits per heavy atom. The predicted octanol–water partition coefficient (Wildman–Crippen LogP) is 2.90. The van der Waals surface area contributed by atoms with E-state index in [0.29, 0.717) is 12.5 Å². The molecule has 1 aliphatic heterocycles. The average molecular weight is 382 g/mol. The molecule has 0 saturated carbocycles. The van der Waals surface area contributed by atoms with Crippen LogP contribution in [0.15, 0.2) is 54.6 Å². The van der Waals surface area contributed by atoms with E-state index in [4.69, 9.17) is 10.5 Å². The van der Waals surface area contributed by atoms with Gasteiger partial charge in [0.1, 0.15) is 11.3 Å². The molecule has 1 heterocycles. The number of ether oxygens (including phenoxy) is 1. The maximum Gasteiger partial charge on any atom is 0.244 e. The molecule has 3 rings (SSSR count). The molecule has 1 amide bonds. The van der Waals surface area contributed by atoms with Gasteiger partial charge in [-0.1, -0.05) is 42.5 Å². The molecule has 0 spiro atoms. The van der Waals surface area contributed by atoms with E-state index in [9.17, 15) is 4.79 Å². The topological polar surface area (TPSA) is 67.6 Å². The minimum atomic E-state index is -1.00.